The van der Waals surface area contributed by atoms with Crippen LogP contribution in [0.2, 0.25) is 0 Å². The number of hydrogen-bond donors (Lipinski definition) is 2. The third kappa shape index (κ3) is 7.52. The quantitative estimate of drug-likeness (QED) is 0.558. The van der Waals surface area contributed by atoms with Gasteiger partial charge in [0.25, 0.3) is 0 Å². The molecule has 1 aromatic rings. The van der Waals surface area contributed by atoms with E-state index in [1.807, 2.05) is 17.9 Å². The second kappa shape index (κ2) is 12.3. The standard InChI is InChI=1S/C25H39N5O2.C2HF3O2/c1-28-14-20(13-27-28)15-29-16-22-17-30(23(31)21-6-3-2-4-7-21)11-5-10-25(22,18-29)24(32)26-12-19-8-9-19;3-2(4,5)1(6)7/h13-14,19,21-22H,2-12,15-18H2,1H3,(H,26,32);(H,6,7)/t22-,25+;/m1./s1. The van der Waals surface area contributed by atoms with Gasteiger partial charge in [-0.2, -0.15) is 18.3 Å². The molecule has 0 aromatic carbocycles. The van der Waals surface area contributed by atoms with E-state index in [-0.39, 0.29) is 23.2 Å². The number of fused-ring (bicyclic) bond motifs is 1. The molecule has 0 bridgehead atoms. The number of halogens is 3. The number of aliphatic carboxylic acids is 1. The average Bonchev–Trinajstić information content (AvgIpc) is 3.59. The number of carboxylic acids is 1. The Labute approximate surface area is 227 Å². The second-order valence-electron chi connectivity index (χ2n) is 11.7. The molecule has 0 radical (unpaired) electrons. The lowest BCUT2D eigenvalue weighted by Crippen LogP contribution is -2.49. The van der Waals surface area contributed by atoms with Gasteiger partial charge in [0.05, 0.1) is 11.6 Å². The number of aromatic nitrogens is 2. The first-order valence-corrected chi connectivity index (χ1v) is 14.0. The van der Waals surface area contributed by atoms with E-state index in [9.17, 15) is 22.8 Å². The van der Waals surface area contributed by atoms with Crippen molar-refractivity contribution in [3.63, 3.8) is 0 Å². The van der Waals surface area contributed by atoms with Gasteiger partial charge in [0.15, 0.2) is 0 Å². The predicted octanol–water partition coefficient (Wildman–Crippen LogP) is 3.20. The van der Waals surface area contributed by atoms with Gasteiger partial charge in [-0.3, -0.25) is 19.2 Å². The Morgan fingerprint density at radius 2 is 1.79 bits per heavy atom. The minimum atomic E-state index is -5.08. The fourth-order valence-electron chi connectivity index (χ4n) is 6.38. The first kappa shape index (κ1) is 29.4. The van der Waals surface area contributed by atoms with Crippen molar-refractivity contribution in [2.75, 3.05) is 32.7 Å². The van der Waals surface area contributed by atoms with Crippen LogP contribution in [-0.4, -0.2) is 81.4 Å². The van der Waals surface area contributed by atoms with Crippen LogP contribution in [0.15, 0.2) is 12.4 Å². The van der Waals surface area contributed by atoms with E-state index in [0.29, 0.717) is 11.8 Å². The molecule has 3 heterocycles. The first-order valence-electron chi connectivity index (χ1n) is 14.0. The zero-order chi connectivity index (χ0) is 28.2. The van der Waals surface area contributed by atoms with Crippen LogP contribution in [0.3, 0.4) is 0 Å². The van der Waals surface area contributed by atoms with E-state index in [2.05, 4.69) is 26.4 Å². The molecule has 9 nitrogen and oxygen atoms in total. The highest BCUT2D eigenvalue weighted by molar-refractivity contribution is 5.84. The summed E-state index contributed by atoms with van der Waals surface area (Å²) in [6, 6.07) is 0. The molecule has 2 saturated carbocycles. The van der Waals surface area contributed by atoms with Gasteiger partial charge in [-0.1, -0.05) is 19.3 Å². The minimum Gasteiger partial charge on any atom is -0.475 e. The number of likely N-dealkylation sites (tertiary alicyclic amines) is 2. The Hall–Kier alpha value is -2.63. The lowest BCUT2D eigenvalue weighted by atomic mass is 9.74. The van der Waals surface area contributed by atoms with Gasteiger partial charge < -0.3 is 15.3 Å². The second-order valence-corrected chi connectivity index (χ2v) is 11.7. The van der Waals surface area contributed by atoms with Crippen LogP contribution in [0.25, 0.3) is 0 Å². The van der Waals surface area contributed by atoms with E-state index < -0.39 is 12.1 Å². The number of hydrogen-bond acceptors (Lipinski definition) is 5. The maximum Gasteiger partial charge on any atom is 0.490 e. The van der Waals surface area contributed by atoms with Gasteiger partial charge in [0, 0.05) is 69.9 Å². The van der Waals surface area contributed by atoms with E-state index in [4.69, 9.17) is 9.90 Å². The Balaban J connectivity index is 0.000000448. The van der Waals surface area contributed by atoms with E-state index in [0.717, 1.165) is 65.0 Å². The summed E-state index contributed by atoms with van der Waals surface area (Å²) in [5.74, 6) is -1.09. The zero-order valence-corrected chi connectivity index (χ0v) is 22.6. The molecule has 218 valence electrons. The molecule has 4 aliphatic rings. The topological polar surface area (TPSA) is 108 Å². The lowest BCUT2D eigenvalue weighted by Gasteiger charge is -2.34. The van der Waals surface area contributed by atoms with E-state index in [1.165, 1.54) is 37.7 Å². The minimum absolute atomic E-state index is 0.202. The Morgan fingerprint density at radius 1 is 1.10 bits per heavy atom. The smallest absolute Gasteiger partial charge is 0.475 e. The summed E-state index contributed by atoms with van der Waals surface area (Å²) >= 11 is 0. The molecule has 39 heavy (non-hydrogen) atoms. The van der Waals surface area contributed by atoms with Crippen LogP contribution in [0, 0.1) is 23.2 Å². The molecular weight excluding hydrogens is 515 g/mol. The molecule has 0 unspecified atom stereocenters. The van der Waals surface area contributed by atoms with Gasteiger partial charge in [-0.15, -0.1) is 0 Å². The summed E-state index contributed by atoms with van der Waals surface area (Å²) in [6.45, 7) is 4.84. The van der Waals surface area contributed by atoms with Crippen molar-refractivity contribution in [1.29, 1.82) is 0 Å². The fraction of sp³-hybridized carbons (Fsp3) is 0.778. The number of aryl methyl sites for hydroxylation is 1. The summed E-state index contributed by atoms with van der Waals surface area (Å²) in [5, 5.41) is 14.8. The van der Waals surface area contributed by atoms with Gasteiger partial charge in [0.1, 0.15) is 0 Å². The van der Waals surface area contributed by atoms with Gasteiger partial charge in [-0.05, 0) is 44.4 Å². The molecule has 2 saturated heterocycles. The number of rotatable bonds is 6. The first-order chi connectivity index (χ1) is 18.5. The number of nitrogens with zero attached hydrogens (tertiary/aromatic N) is 4. The van der Waals surface area contributed by atoms with Gasteiger partial charge in [-0.25, -0.2) is 4.79 Å². The Bertz CT molecular complexity index is 1020. The van der Waals surface area contributed by atoms with Gasteiger partial charge >= 0.3 is 12.1 Å². The third-order valence-corrected chi connectivity index (χ3v) is 8.63. The zero-order valence-electron chi connectivity index (χ0n) is 22.6. The Kier molecular flexibility index (Phi) is 9.23. The van der Waals surface area contributed by atoms with Crippen LogP contribution in [0.5, 0.6) is 0 Å². The van der Waals surface area contributed by atoms with Crippen molar-refractivity contribution < 1.29 is 32.7 Å². The number of nitrogens with one attached hydrogen (secondary N) is 1. The van der Waals surface area contributed by atoms with E-state index in [1.54, 1.807) is 0 Å². The normalized spacial score (nSPS) is 26.3. The molecule has 12 heteroatoms. The molecule has 5 rings (SSSR count). The number of carbonyl (C=O) groups is 3. The summed E-state index contributed by atoms with van der Waals surface area (Å²) in [7, 11) is 1.94. The van der Waals surface area contributed by atoms with Gasteiger partial charge in [0.2, 0.25) is 11.8 Å². The third-order valence-electron chi connectivity index (χ3n) is 8.63. The van der Waals surface area contributed by atoms with Crippen molar-refractivity contribution in [2.24, 2.45) is 30.2 Å². The van der Waals surface area contributed by atoms with E-state index >= 15 is 0 Å². The average molecular weight is 556 g/mol. The summed E-state index contributed by atoms with van der Waals surface area (Å²) in [6.07, 6.45) is 8.90. The fourth-order valence-corrected chi connectivity index (χ4v) is 6.38. The summed E-state index contributed by atoms with van der Waals surface area (Å²) in [5.41, 5.74) is 0.811. The predicted molar refractivity (Wildman–Crippen MR) is 136 cm³/mol. The highest BCUT2D eigenvalue weighted by atomic mass is 19.4. The SMILES string of the molecule is Cn1cc(CN2C[C@@H]3CN(C(=O)C4CCCCC4)CCC[C@]3(C(=O)NCC3CC3)C2)cn1.O=C(O)C(F)(F)F. The van der Waals surface area contributed by atoms with Crippen LogP contribution in [-0.2, 0) is 28.0 Å². The molecule has 2 N–H and O–H groups in total. The highest BCUT2D eigenvalue weighted by Gasteiger charge is 2.53. The number of carbonyl (C=O) groups excluding carboxylic acids is 2. The number of amides is 2. The molecule has 2 aliphatic heterocycles. The molecule has 0 spiro atoms. The lowest BCUT2D eigenvalue weighted by molar-refractivity contribution is -0.192. The highest BCUT2D eigenvalue weighted by Crippen LogP contribution is 2.44. The molecule has 4 fully saturated rings. The molecule has 2 atom stereocenters. The molecular formula is C27H40F3N5O4. The van der Waals surface area contributed by atoms with Crippen molar-refractivity contribution >= 4 is 17.8 Å². The summed E-state index contributed by atoms with van der Waals surface area (Å²) in [4.78, 5) is 40.4. The largest absolute Gasteiger partial charge is 0.490 e. The monoisotopic (exact) mass is 555 g/mol. The molecule has 2 amide bonds. The molecule has 1 aromatic heterocycles. The maximum absolute atomic E-state index is 13.6. The van der Waals surface area contributed by atoms with Crippen LogP contribution >= 0.6 is 0 Å². The van der Waals surface area contributed by atoms with Crippen molar-refractivity contribution in [3.8, 4) is 0 Å². The van der Waals surface area contributed by atoms with Crippen molar-refractivity contribution in [2.45, 2.75) is 70.5 Å². The molecule has 2 aliphatic carbocycles. The van der Waals surface area contributed by atoms with Crippen molar-refractivity contribution in [3.05, 3.63) is 18.0 Å². The van der Waals surface area contributed by atoms with Crippen LogP contribution in [0.4, 0.5) is 13.2 Å². The number of carboxylic acid groups (broad SMARTS) is 1. The maximum atomic E-state index is 13.6. The van der Waals surface area contributed by atoms with Crippen LogP contribution in [0.1, 0.15) is 63.4 Å². The Morgan fingerprint density at radius 3 is 2.38 bits per heavy atom. The number of alkyl halides is 3. The van der Waals surface area contributed by atoms with Crippen molar-refractivity contribution in [1.82, 2.24) is 24.9 Å². The summed E-state index contributed by atoms with van der Waals surface area (Å²) < 4.78 is 33.6. The van der Waals surface area contributed by atoms with Crippen LogP contribution < -0.4 is 5.32 Å².